The van der Waals surface area contributed by atoms with Crippen molar-refractivity contribution in [1.82, 2.24) is 4.98 Å². The molecule has 1 aliphatic carbocycles. The number of aromatic nitrogens is 1. The third-order valence-electron chi connectivity index (χ3n) is 3.58. The first kappa shape index (κ1) is 11.1. The minimum atomic E-state index is 0.389. The maximum atomic E-state index is 6.06. The van der Waals surface area contributed by atoms with Crippen molar-refractivity contribution in [3.8, 4) is 0 Å². The molecular formula is C12H20N2S. The SMILES string of the molecule is CCC1CCC(N)CC1c1csc(C)n1. The summed E-state index contributed by atoms with van der Waals surface area (Å²) < 4.78 is 0. The van der Waals surface area contributed by atoms with Gasteiger partial charge in [-0.2, -0.15) is 0 Å². The summed E-state index contributed by atoms with van der Waals surface area (Å²) in [6.45, 7) is 4.37. The Bertz CT molecular complexity index is 321. The first-order chi connectivity index (χ1) is 7.20. The molecule has 84 valence electrons. The summed E-state index contributed by atoms with van der Waals surface area (Å²) in [5.74, 6) is 1.41. The molecular weight excluding hydrogens is 204 g/mol. The number of hydrogen-bond acceptors (Lipinski definition) is 3. The van der Waals surface area contributed by atoms with Crippen molar-refractivity contribution < 1.29 is 0 Å². The van der Waals surface area contributed by atoms with E-state index in [1.807, 2.05) is 0 Å². The molecule has 2 nitrogen and oxygen atoms in total. The molecule has 0 amide bonds. The van der Waals surface area contributed by atoms with Gasteiger partial charge >= 0.3 is 0 Å². The molecule has 1 aromatic heterocycles. The van der Waals surface area contributed by atoms with E-state index in [1.54, 1.807) is 11.3 Å². The quantitative estimate of drug-likeness (QED) is 0.838. The van der Waals surface area contributed by atoms with Gasteiger partial charge in [-0.1, -0.05) is 13.3 Å². The zero-order valence-electron chi connectivity index (χ0n) is 9.57. The van der Waals surface area contributed by atoms with Crippen LogP contribution >= 0.6 is 11.3 Å². The first-order valence-electron chi connectivity index (χ1n) is 5.88. The van der Waals surface area contributed by atoms with Crippen LogP contribution in [0.2, 0.25) is 0 Å². The van der Waals surface area contributed by atoms with E-state index in [9.17, 15) is 0 Å². The van der Waals surface area contributed by atoms with Gasteiger partial charge in [0.15, 0.2) is 0 Å². The van der Waals surface area contributed by atoms with Crippen molar-refractivity contribution in [2.75, 3.05) is 0 Å². The van der Waals surface area contributed by atoms with E-state index in [0.717, 1.165) is 12.3 Å². The Labute approximate surface area is 95.9 Å². The molecule has 0 saturated heterocycles. The molecule has 3 atom stereocenters. The fourth-order valence-corrected chi connectivity index (χ4v) is 3.34. The van der Waals surface area contributed by atoms with E-state index in [2.05, 4.69) is 24.2 Å². The van der Waals surface area contributed by atoms with Gasteiger partial charge in [-0.3, -0.25) is 0 Å². The van der Waals surface area contributed by atoms with Crippen LogP contribution in [0.15, 0.2) is 5.38 Å². The highest BCUT2D eigenvalue weighted by atomic mass is 32.1. The van der Waals surface area contributed by atoms with Crippen LogP contribution < -0.4 is 5.73 Å². The predicted molar refractivity (Wildman–Crippen MR) is 65.2 cm³/mol. The third-order valence-corrected chi connectivity index (χ3v) is 4.37. The number of rotatable bonds is 2. The molecule has 2 N–H and O–H groups in total. The largest absolute Gasteiger partial charge is 0.328 e. The van der Waals surface area contributed by atoms with E-state index in [0.29, 0.717) is 12.0 Å². The highest BCUT2D eigenvalue weighted by Gasteiger charge is 2.30. The summed E-state index contributed by atoms with van der Waals surface area (Å²) in [5, 5.41) is 3.40. The molecule has 2 rings (SSSR count). The monoisotopic (exact) mass is 224 g/mol. The summed E-state index contributed by atoms with van der Waals surface area (Å²) in [5.41, 5.74) is 7.35. The van der Waals surface area contributed by atoms with E-state index in [4.69, 9.17) is 5.73 Å². The molecule has 0 bridgehead atoms. The summed E-state index contributed by atoms with van der Waals surface area (Å²) in [7, 11) is 0. The van der Waals surface area contributed by atoms with E-state index in [-0.39, 0.29) is 0 Å². The van der Waals surface area contributed by atoms with E-state index >= 15 is 0 Å². The fourth-order valence-electron chi connectivity index (χ4n) is 2.67. The van der Waals surface area contributed by atoms with Gasteiger partial charge in [0.2, 0.25) is 0 Å². The van der Waals surface area contributed by atoms with Gasteiger partial charge in [0.25, 0.3) is 0 Å². The first-order valence-corrected chi connectivity index (χ1v) is 6.76. The lowest BCUT2D eigenvalue weighted by molar-refractivity contribution is 0.270. The number of aryl methyl sites for hydroxylation is 1. The standard InChI is InChI=1S/C12H20N2S/c1-3-9-4-5-10(13)6-11(9)12-7-15-8(2)14-12/h7,9-11H,3-6,13H2,1-2H3. The Morgan fingerprint density at radius 3 is 2.93 bits per heavy atom. The molecule has 0 radical (unpaired) electrons. The minimum Gasteiger partial charge on any atom is -0.328 e. The van der Waals surface area contributed by atoms with Crippen LogP contribution in [0.3, 0.4) is 0 Å². The molecule has 15 heavy (non-hydrogen) atoms. The fraction of sp³-hybridized carbons (Fsp3) is 0.750. The van der Waals surface area contributed by atoms with Crippen molar-refractivity contribution in [2.24, 2.45) is 11.7 Å². The molecule has 1 aromatic rings. The Morgan fingerprint density at radius 1 is 1.53 bits per heavy atom. The second kappa shape index (κ2) is 4.62. The van der Waals surface area contributed by atoms with Crippen molar-refractivity contribution in [1.29, 1.82) is 0 Å². The van der Waals surface area contributed by atoms with Gasteiger partial charge in [0.1, 0.15) is 0 Å². The van der Waals surface area contributed by atoms with E-state index in [1.165, 1.54) is 30.0 Å². The van der Waals surface area contributed by atoms with Crippen LogP contribution in [0.4, 0.5) is 0 Å². The lowest BCUT2D eigenvalue weighted by Crippen LogP contribution is -2.32. The molecule has 0 spiro atoms. The third kappa shape index (κ3) is 2.40. The van der Waals surface area contributed by atoms with Gasteiger partial charge < -0.3 is 5.73 Å². The van der Waals surface area contributed by atoms with Crippen LogP contribution in [-0.4, -0.2) is 11.0 Å². The minimum absolute atomic E-state index is 0.389. The summed E-state index contributed by atoms with van der Waals surface area (Å²) >= 11 is 1.76. The van der Waals surface area contributed by atoms with Crippen LogP contribution in [-0.2, 0) is 0 Å². The topological polar surface area (TPSA) is 38.9 Å². The number of hydrogen-bond donors (Lipinski definition) is 1. The Balaban J connectivity index is 2.16. The maximum absolute atomic E-state index is 6.06. The van der Waals surface area contributed by atoms with Crippen LogP contribution in [0.1, 0.15) is 49.2 Å². The number of nitrogens with two attached hydrogens (primary N) is 1. The molecule has 3 unspecified atom stereocenters. The van der Waals surface area contributed by atoms with Crippen molar-refractivity contribution in [2.45, 2.75) is 51.5 Å². The predicted octanol–water partition coefficient (Wildman–Crippen LogP) is 3.07. The van der Waals surface area contributed by atoms with Gasteiger partial charge in [0, 0.05) is 17.3 Å². The lowest BCUT2D eigenvalue weighted by atomic mass is 9.74. The average Bonchev–Trinajstić information content (AvgIpc) is 2.65. The molecule has 1 heterocycles. The summed E-state index contributed by atoms with van der Waals surface area (Å²) in [6, 6.07) is 0.389. The number of nitrogens with zero attached hydrogens (tertiary/aromatic N) is 1. The zero-order valence-corrected chi connectivity index (χ0v) is 10.4. The summed E-state index contributed by atoms with van der Waals surface area (Å²) in [4.78, 5) is 4.63. The summed E-state index contributed by atoms with van der Waals surface area (Å²) in [6.07, 6.45) is 4.85. The Kier molecular flexibility index (Phi) is 3.42. The number of thiazole rings is 1. The van der Waals surface area contributed by atoms with Crippen molar-refractivity contribution >= 4 is 11.3 Å². The molecule has 1 aliphatic rings. The van der Waals surface area contributed by atoms with Gasteiger partial charge in [0.05, 0.1) is 10.7 Å². The zero-order chi connectivity index (χ0) is 10.8. The van der Waals surface area contributed by atoms with Crippen molar-refractivity contribution in [3.05, 3.63) is 16.1 Å². The maximum Gasteiger partial charge on any atom is 0.0897 e. The van der Waals surface area contributed by atoms with Crippen LogP contribution in [0.5, 0.6) is 0 Å². The normalized spacial score (nSPS) is 31.8. The molecule has 0 aromatic carbocycles. The second-order valence-electron chi connectivity index (χ2n) is 4.64. The highest BCUT2D eigenvalue weighted by Crippen LogP contribution is 2.39. The van der Waals surface area contributed by atoms with Crippen LogP contribution in [0.25, 0.3) is 0 Å². The van der Waals surface area contributed by atoms with Gasteiger partial charge in [-0.05, 0) is 32.1 Å². The second-order valence-corrected chi connectivity index (χ2v) is 5.70. The van der Waals surface area contributed by atoms with Crippen LogP contribution in [0, 0.1) is 12.8 Å². The molecule has 0 aliphatic heterocycles. The Hall–Kier alpha value is -0.410. The Morgan fingerprint density at radius 2 is 2.33 bits per heavy atom. The van der Waals surface area contributed by atoms with Crippen molar-refractivity contribution in [3.63, 3.8) is 0 Å². The average molecular weight is 224 g/mol. The van der Waals surface area contributed by atoms with Gasteiger partial charge in [-0.25, -0.2) is 4.98 Å². The highest BCUT2D eigenvalue weighted by molar-refractivity contribution is 7.09. The molecule has 1 fully saturated rings. The van der Waals surface area contributed by atoms with Gasteiger partial charge in [-0.15, -0.1) is 11.3 Å². The smallest absolute Gasteiger partial charge is 0.0897 e. The molecule has 3 heteroatoms. The lowest BCUT2D eigenvalue weighted by Gasteiger charge is -2.33. The van der Waals surface area contributed by atoms with E-state index < -0.39 is 0 Å². The molecule has 1 saturated carbocycles.